The molecule has 24 heavy (non-hydrogen) atoms. The minimum Gasteiger partial charge on any atom is -0.494 e. The van der Waals surface area contributed by atoms with Gasteiger partial charge in [-0.1, -0.05) is 0 Å². The van der Waals surface area contributed by atoms with Gasteiger partial charge in [-0.05, 0) is 12.1 Å². The van der Waals surface area contributed by atoms with Crippen molar-refractivity contribution >= 4 is 17.3 Å². The van der Waals surface area contributed by atoms with Gasteiger partial charge in [0.05, 0.1) is 23.8 Å². The standard InChI is InChI=1S/C14H10F3N3O4/c1-24-12-4-5-18-7-10(12)19-13(21)9-3-2-8(14(15,16)17)6-11(9)20(22)23/h2-7H,1H3,(H,19,21). The molecule has 0 radical (unpaired) electrons. The van der Waals surface area contributed by atoms with Crippen molar-refractivity contribution in [2.45, 2.75) is 6.18 Å². The van der Waals surface area contributed by atoms with E-state index >= 15 is 0 Å². The van der Waals surface area contributed by atoms with Crippen LogP contribution < -0.4 is 10.1 Å². The molecule has 0 bridgehead atoms. The van der Waals surface area contributed by atoms with Crippen LogP contribution in [0.25, 0.3) is 0 Å². The number of pyridine rings is 1. The number of halogens is 3. The van der Waals surface area contributed by atoms with Crippen LogP contribution in [0, 0.1) is 10.1 Å². The van der Waals surface area contributed by atoms with E-state index in [1.165, 1.54) is 25.6 Å². The molecule has 1 aromatic carbocycles. The summed E-state index contributed by atoms with van der Waals surface area (Å²) in [5.74, 6) is -0.713. The largest absolute Gasteiger partial charge is 0.494 e. The molecule has 0 fully saturated rings. The molecule has 0 atom stereocenters. The van der Waals surface area contributed by atoms with Gasteiger partial charge < -0.3 is 10.1 Å². The number of nitro benzene ring substituents is 1. The van der Waals surface area contributed by atoms with E-state index in [-0.39, 0.29) is 11.4 Å². The SMILES string of the molecule is COc1ccncc1NC(=O)c1ccc(C(F)(F)F)cc1[N+](=O)[O-]. The predicted molar refractivity (Wildman–Crippen MR) is 76.8 cm³/mol. The first-order valence-electron chi connectivity index (χ1n) is 6.39. The molecule has 0 saturated carbocycles. The van der Waals surface area contributed by atoms with Gasteiger partial charge in [-0.15, -0.1) is 0 Å². The van der Waals surface area contributed by atoms with Gasteiger partial charge in [0.2, 0.25) is 0 Å². The number of aromatic nitrogens is 1. The second-order valence-corrected chi connectivity index (χ2v) is 4.52. The molecule has 0 aliphatic carbocycles. The second-order valence-electron chi connectivity index (χ2n) is 4.52. The molecule has 126 valence electrons. The van der Waals surface area contributed by atoms with E-state index < -0.39 is 33.8 Å². The van der Waals surface area contributed by atoms with Crippen molar-refractivity contribution in [1.82, 2.24) is 4.98 Å². The predicted octanol–water partition coefficient (Wildman–Crippen LogP) is 3.27. The molecular weight excluding hydrogens is 331 g/mol. The molecule has 1 aromatic heterocycles. The van der Waals surface area contributed by atoms with E-state index in [0.717, 1.165) is 6.07 Å². The molecule has 0 spiro atoms. The number of alkyl halides is 3. The molecular formula is C14H10F3N3O4. The first-order valence-corrected chi connectivity index (χ1v) is 6.39. The Balaban J connectivity index is 2.40. The summed E-state index contributed by atoms with van der Waals surface area (Å²) in [5, 5.41) is 13.3. The van der Waals surface area contributed by atoms with Gasteiger partial charge in [-0.3, -0.25) is 19.9 Å². The third-order valence-electron chi connectivity index (χ3n) is 3.02. The number of methoxy groups -OCH3 is 1. The number of hydrogen-bond acceptors (Lipinski definition) is 5. The molecule has 7 nitrogen and oxygen atoms in total. The Hall–Kier alpha value is -3.17. The van der Waals surface area contributed by atoms with E-state index in [2.05, 4.69) is 10.3 Å². The highest BCUT2D eigenvalue weighted by Gasteiger charge is 2.34. The summed E-state index contributed by atoms with van der Waals surface area (Å²) in [6.45, 7) is 0. The van der Waals surface area contributed by atoms with Gasteiger partial charge in [-0.25, -0.2) is 0 Å². The van der Waals surface area contributed by atoms with Crippen LogP contribution in [-0.2, 0) is 6.18 Å². The fourth-order valence-corrected chi connectivity index (χ4v) is 1.89. The maximum atomic E-state index is 12.7. The summed E-state index contributed by atoms with van der Waals surface area (Å²) >= 11 is 0. The third kappa shape index (κ3) is 3.59. The van der Waals surface area contributed by atoms with Crippen molar-refractivity contribution < 1.29 is 27.6 Å². The number of hydrogen-bond donors (Lipinski definition) is 1. The monoisotopic (exact) mass is 341 g/mol. The highest BCUT2D eigenvalue weighted by molar-refractivity contribution is 6.07. The average Bonchev–Trinajstić information content (AvgIpc) is 2.53. The number of nitro groups is 1. The molecule has 0 unspecified atom stereocenters. The van der Waals surface area contributed by atoms with Gasteiger partial charge in [0, 0.05) is 18.3 Å². The van der Waals surface area contributed by atoms with Crippen LogP contribution in [0.15, 0.2) is 36.7 Å². The molecule has 0 aliphatic heterocycles. The normalized spacial score (nSPS) is 11.0. The zero-order chi connectivity index (χ0) is 17.9. The minimum absolute atomic E-state index is 0.124. The van der Waals surface area contributed by atoms with Crippen LogP contribution in [-0.4, -0.2) is 22.9 Å². The number of benzene rings is 1. The van der Waals surface area contributed by atoms with Gasteiger partial charge in [0.25, 0.3) is 11.6 Å². The third-order valence-corrected chi connectivity index (χ3v) is 3.02. The van der Waals surface area contributed by atoms with E-state index in [9.17, 15) is 28.1 Å². The molecule has 1 heterocycles. The quantitative estimate of drug-likeness (QED) is 0.680. The number of carbonyl (C=O) groups is 1. The summed E-state index contributed by atoms with van der Waals surface area (Å²) in [6, 6.07) is 3.10. The highest BCUT2D eigenvalue weighted by atomic mass is 19.4. The Bertz CT molecular complexity index is 793. The van der Waals surface area contributed by atoms with Gasteiger partial charge >= 0.3 is 6.18 Å². The summed E-state index contributed by atoms with van der Waals surface area (Å²) in [4.78, 5) is 25.9. The molecule has 0 saturated heterocycles. The van der Waals surface area contributed by atoms with Gasteiger partial charge in [0.1, 0.15) is 17.0 Å². The summed E-state index contributed by atoms with van der Waals surface area (Å²) in [5.41, 5.74) is -2.56. The van der Waals surface area contributed by atoms with Gasteiger partial charge in [0.15, 0.2) is 0 Å². The Morgan fingerprint density at radius 3 is 2.62 bits per heavy atom. The van der Waals surface area contributed by atoms with Crippen molar-refractivity contribution in [2.24, 2.45) is 0 Å². The topological polar surface area (TPSA) is 94.4 Å². The lowest BCUT2D eigenvalue weighted by molar-refractivity contribution is -0.385. The smallest absolute Gasteiger partial charge is 0.416 e. The lowest BCUT2D eigenvalue weighted by atomic mass is 10.1. The van der Waals surface area contributed by atoms with E-state index in [4.69, 9.17) is 4.74 Å². The molecule has 0 aliphatic rings. The number of nitrogens with zero attached hydrogens (tertiary/aromatic N) is 2. The number of amides is 1. The van der Waals surface area contributed by atoms with E-state index in [1.54, 1.807) is 0 Å². The number of rotatable bonds is 4. The lowest BCUT2D eigenvalue weighted by Gasteiger charge is -2.11. The van der Waals surface area contributed by atoms with Crippen LogP contribution in [0.5, 0.6) is 5.75 Å². The second kappa shape index (κ2) is 6.52. The van der Waals surface area contributed by atoms with Crippen molar-refractivity contribution in [3.63, 3.8) is 0 Å². The first-order chi connectivity index (χ1) is 11.2. The van der Waals surface area contributed by atoms with Crippen molar-refractivity contribution in [1.29, 1.82) is 0 Å². The van der Waals surface area contributed by atoms with Crippen LogP contribution in [0.1, 0.15) is 15.9 Å². The number of ether oxygens (including phenoxy) is 1. The van der Waals surface area contributed by atoms with Crippen LogP contribution in [0.2, 0.25) is 0 Å². The Labute approximate surface area is 133 Å². The molecule has 1 N–H and O–H groups in total. The molecule has 10 heteroatoms. The van der Waals surface area contributed by atoms with E-state index in [0.29, 0.717) is 12.1 Å². The average molecular weight is 341 g/mol. The maximum absolute atomic E-state index is 12.7. The summed E-state index contributed by atoms with van der Waals surface area (Å²) in [7, 11) is 1.34. The van der Waals surface area contributed by atoms with Crippen LogP contribution in [0.4, 0.5) is 24.5 Å². The summed E-state index contributed by atoms with van der Waals surface area (Å²) in [6.07, 6.45) is -2.12. The Kier molecular flexibility index (Phi) is 4.67. The molecule has 2 aromatic rings. The molecule has 2 rings (SSSR count). The lowest BCUT2D eigenvalue weighted by Crippen LogP contribution is -2.16. The van der Waals surface area contributed by atoms with Crippen LogP contribution >= 0.6 is 0 Å². The Morgan fingerprint density at radius 1 is 1.33 bits per heavy atom. The fourth-order valence-electron chi connectivity index (χ4n) is 1.89. The van der Waals surface area contributed by atoms with E-state index in [1.807, 2.05) is 0 Å². The number of nitrogens with one attached hydrogen (secondary N) is 1. The van der Waals surface area contributed by atoms with Crippen molar-refractivity contribution in [2.75, 3.05) is 12.4 Å². The number of carbonyl (C=O) groups excluding carboxylic acids is 1. The first kappa shape index (κ1) is 17.2. The maximum Gasteiger partial charge on any atom is 0.416 e. The zero-order valence-electron chi connectivity index (χ0n) is 12.1. The summed E-state index contributed by atoms with van der Waals surface area (Å²) < 4.78 is 43.0. The molecule has 1 amide bonds. The zero-order valence-corrected chi connectivity index (χ0v) is 12.1. The van der Waals surface area contributed by atoms with Gasteiger partial charge in [-0.2, -0.15) is 13.2 Å². The minimum atomic E-state index is -4.76. The Morgan fingerprint density at radius 2 is 2.04 bits per heavy atom. The van der Waals surface area contributed by atoms with Crippen molar-refractivity contribution in [3.8, 4) is 5.75 Å². The number of anilines is 1. The van der Waals surface area contributed by atoms with Crippen LogP contribution in [0.3, 0.4) is 0 Å². The van der Waals surface area contributed by atoms with Crippen molar-refractivity contribution in [3.05, 3.63) is 57.9 Å². The fraction of sp³-hybridized carbons (Fsp3) is 0.143. The highest BCUT2D eigenvalue weighted by Crippen LogP contribution is 2.33.